The first kappa shape index (κ1) is 20.7. The van der Waals surface area contributed by atoms with Crippen molar-refractivity contribution < 1.29 is 19.1 Å². The zero-order chi connectivity index (χ0) is 20.8. The number of benzene rings is 1. The summed E-state index contributed by atoms with van der Waals surface area (Å²) in [7, 11) is 4.89. The molecule has 9 nitrogen and oxygen atoms in total. The lowest BCUT2D eigenvalue weighted by Crippen LogP contribution is -2.56. The van der Waals surface area contributed by atoms with Crippen molar-refractivity contribution in [1.29, 1.82) is 0 Å². The molecular formula is C20H27N5O4. The summed E-state index contributed by atoms with van der Waals surface area (Å²) in [5.74, 6) is 1.72. The molecule has 9 heteroatoms. The van der Waals surface area contributed by atoms with E-state index in [0.29, 0.717) is 43.5 Å². The number of methoxy groups -OCH3 is 2. The van der Waals surface area contributed by atoms with Gasteiger partial charge in [0.15, 0.2) is 11.5 Å². The number of amides is 2. The predicted molar refractivity (Wildman–Crippen MR) is 106 cm³/mol. The zero-order valence-corrected chi connectivity index (χ0v) is 17.0. The maximum atomic E-state index is 12.7. The van der Waals surface area contributed by atoms with Crippen molar-refractivity contribution in [2.24, 2.45) is 0 Å². The van der Waals surface area contributed by atoms with E-state index in [2.05, 4.69) is 15.3 Å². The van der Waals surface area contributed by atoms with Gasteiger partial charge in [0.2, 0.25) is 11.8 Å². The van der Waals surface area contributed by atoms with Crippen LogP contribution in [0.15, 0.2) is 30.6 Å². The van der Waals surface area contributed by atoms with Gasteiger partial charge < -0.3 is 24.7 Å². The van der Waals surface area contributed by atoms with E-state index in [1.165, 1.54) is 0 Å². The van der Waals surface area contributed by atoms with Crippen LogP contribution in [0.3, 0.4) is 0 Å². The number of aromatic nitrogens is 2. The highest BCUT2D eigenvalue weighted by atomic mass is 16.5. The Labute approximate surface area is 170 Å². The number of H-pyrrole nitrogens is 1. The van der Waals surface area contributed by atoms with Gasteiger partial charge in [0.1, 0.15) is 5.82 Å². The van der Waals surface area contributed by atoms with Gasteiger partial charge in [-0.3, -0.25) is 14.5 Å². The Morgan fingerprint density at radius 2 is 2.17 bits per heavy atom. The first-order valence-corrected chi connectivity index (χ1v) is 9.47. The lowest BCUT2D eigenvalue weighted by Gasteiger charge is -2.35. The van der Waals surface area contributed by atoms with Gasteiger partial charge in [-0.05, 0) is 6.07 Å². The molecule has 0 radical (unpaired) electrons. The normalized spacial score (nSPS) is 16.9. The van der Waals surface area contributed by atoms with Gasteiger partial charge in [-0.15, -0.1) is 0 Å². The number of rotatable bonds is 8. The maximum absolute atomic E-state index is 12.7. The topological polar surface area (TPSA) is 99.8 Å². The van der Waals surface area contributed by atoms with Crippen molar-refractivity contribution >= 4 is 11.8 Å². The number of para-hydroxylation sites is 1. The molecule has 29 heavy (non-hydrogen) atoms. The Morgan fingerprint density at radius 1 is 1.34 bits per heavy atom. The van der Waals surface area contributed by atoms with E-state index >= 15 is 0 Å². The van der Waals surface area contributed by atoms with Crippen molar-refractivity contribution in [1.82, 2.24) is 25.1 Å². The monoisotopic (exact) mass is 401 g/mol. The van der Waals surface area contributed by atoms with Crippen molar-refractivity contribution in [2.45, 2.75) is 25.6 Å². The fourth-order valence-electron chi connectivity index (χ4n) is 3.49. The van der Waals surface area contributed by atoms with E-state index in [-0.39, 0.29) is 18.2 Å². The quantitative estimate of drug-likeness (QED) is 0.678. The maximum Gasteiger partial charge on any atom is 0.237 e. The first-order chi connectivity index (χ1) is 14.0. The van der Waals surface area contributed by atoms with Gasteiger partial charge in [0.25, 0.3) is 0 Å². The molecule has 2 heterocycles. The summed E-state index contributed by atoms with van der Waals surface area (Å²) in [6.07, 6.45) is 3.45. The summed E-state index contributed by atoms with van der Waals surface area (Å²) in [6.45, 7) is 2.03. The minimum Gasteiger partial charge on any atom is -0.493 e. The molecule has 1 saturated heterocycles. The molecule has 0 bridgehead atoms. The van der Waals surface area contributed by atoms with E-state index in [1.807, 2.05) is 23.1 Å². The average Bonchev–Trinajstić information content (AvgIpc) is 3.23. The van der Waals surface area contributed by atoms with Crippen LogP contribution in [-0.4, -0.2) is 72.0 Å². The Bertz CT molecular complexity index is 839. The number of ether oxygens (including phenoxy) is 2. The third kappa shape index (κ3) is 4.86. The number of piperazine rings is 1. The minimum atomic E-state index is -0.550. The molecule has 1 aromatic heterocycles. The van der Waals surface area contributed by atoms with Crippen molar-refractivity contribution in [3.63, 3.8) is 0 Å². The Morgan fingerprint density at radius 3 is 2.86 bits per heavy atom. The number of nitrogens with zero attached hydrogens (tertiary/aromatic N) is 3. The van der Waals surface area contributed by atoms with Crippen LogP contribution in [0.1, 0.15) is 17.8 Å². The third-order valence-corrected chi connectivity index (χ3v) is 5.04. The van der Waals surface area contributed by atoms with Crippen LogP contribution >= 0.6 is 0 Å². The summed E-state index contributed by atoms with van der Waals surface area (Å²) in [5.41, 5.74) is 0.905. The molecule has 1 aliphatic heterocycles. The fourth-order valence-corrected chi connectivity index (χ4v) is 3.49. The molecule has 0 saturated carbocycles. The Kier molecular flexibility index (Phi) is 6.71. The van der Waals surface area contributed by atoms with Gasteiger partial charge in [0.05, 0.1) is 33.2 Å². The smallest absolute Gasteiger partial charge is 0.237 e. The first-order valence-electron chi connectivity index (χ1n) is 9.47. The fraction of sp³-hybridized carbons (Fsp3) is 0.450. The second kappa shape index (κ2) is 9.42. The van der Waals surface area contributed by atoms with Gasteiger partial charge in [-0.2, -0.15) is 0 Å². The van der Waals surface area contributed by atoms with Crippen molar-refractivity contribution in [3.8, 4) is 11.5 Å². The lowest BCUT2D eigenvalue weighted by atomic mass is 10.1. The van der Waals surface area contributed by atoms with Crippen LogP contribution in [0.5, 0.6) is 11.5 Å². The second-order valence-corrected chi connectivity index (χ2v) is 6.92. The molecule has 1 atom stereocenters. The standard InChI is InChI=1S/C20H27N5O4/c1-24(13-17-21-7-8-22-17)18(26)11-15-20(27)23-9-10-25(15)12-14-5-4-6-16(28-2)19(14)29-3/h4-8,15H,9-13H2,1-3H3,(H,21,22)(H,23,27). The van der Waals surface area contributed by atoms with E-state index in [9.17, 15) is 9.59 Å². The number of nitrogens with one attached hydrogen (secondary N) is 2. The molecular weight excluding hydrogens is 374 g/mol. The second-order valence-electron chi connectivity index (χ2n) is 6.92. The van der Waals surface area contributed by atoms with Crippen LogP contribution in [-0.2, 0) is 22.7 Å². The molecule has 3 rings (SSSR count). The van der Waals surface area contributed by atoms with Crippen LogP contribution in [0.25, 0.3) is 0 Å². The Hall–Kier alpha value is -3.07. The Balaban J connectivity index is 1.72. The summed E-state index contributed by atoms with van der Waals surface area (Å²) < 4.78 is 10.9. The molecule has 0 aliphatic carbocycles. The number of aromatic amines is 1. The molecule has 1 aliphatic rings. The van der Waals surface area contributed by atoms with Crippen LogP contribution < -0.4 is 14.8 Å². The largest absolute Gasteiger partial charge is 0.493 e. The minimum absolute atomic E-state index is 0.0926. The van der Waals surface area contributed by atoms with Crippen LogP contribution in [0.2, 0.25) is 0 Å². The zero-order valence-electron chi connectivity index (χ0n) is 17.0. The number of carbonyl (C=O) groups is 2. The molecule has 156 valence electrons. The summed E-state index contributed by atoms with van der Waals surface area (Å²) in [4.78, 5) is 36.0. The SMILES string of the molecule is COc1cccc(CN2CCNC(=O)C2CC(=O)N(C)Cc2ncc[nH]2)c1OC. The number of hydrogen-bond acceptors (Lipinski definition) is 6. The van der Waals surface area contributed by atoms with Gasteiger partial charge >= 0.3 is 0 Å². The van der Waals surface area contributed by atoms with E-state index in [4.69, 9.17) is 9.47 Å². The number of carbonyl (C=O) groups excluding carboxylic acids is 2. The summed E-state index contributed by atoms with van der Waals surface area (Å²) >= 11 is 0. The van der Waals surface area contributed by atoms with Gasteiger partial charge in [0, 0.05) is 44.6 Å². The summed E-state index contributed by atoms with van der Waals surface area (Å²) in [6, 6.07) is 5.11. The molecule has 1 fully saturated rings. The lowest BCUT2D eigenvalue weighted by molar-refractivity contribution is -0.138. The van der Waals surface area contributed by atoms with Gasteiger partial charge in [-0.25, -0.2) is 4.98 Å². The molecule has 2 aromatic rings. The average molecular weight is 401 g/mol. The van der Waals surface area contributed by atoms with Crippen LogP contribution in [0, 0.1) is 0 Å². The number of imidazole rings is 1. The molecule has 2 amide bonds. The highest BCUT2D eigenvalue weighted by Crippen LogP contribution is 2.32. The van der Waals surface area contributed by atoms with Crippen molar-refractivity contribution in [3.05, 3.63) is 42.0 Å². The van der Waals surface area contributed by atoms with Crippen molar-refractivity contribution in [2.75, 3.05) is 34.4 Å². The third-order valence-electron chi connectivity index (χ3n) is 5.04. The molecule has 2 N–H and O–H groups in total. The number of hydrogen-bond donors (Lipinski definition) is 2. The van der Waals surface area contributed by atoms with Gasteiger partial charge in [-0.1, -0.05) is 12.1 Å². The van der Waals surface area contributed by atoms with Crippen LogP contribution in [0.4, 0.5) is 0 Å². The molecule has 1 unspecified atom stereocenters. The highest BCUT2D eigenvalue weighted by Gasteiger charge is 2.33. The molecule has 1 aromatic carbocycles. The predicted octanol–water partition coefficient (Wildman–Crippen LogP) is 0.776. The molecule has 0 spiro atoms. The highest BCUT2D eigenvalue weighted by molar-refractivity contribution is 5.88. The van der Waals surface area contributed by atoms with E-state index in [1.54, 1.807) is 38.6 Å². The summed E-state index contributed by atoms with van der Waals surface area (Å²) in [5, 5.41) is 2.86. The van der Waals surface area contributed by atoms with E-state index in [0.717, 1.165) is 5.56 Å². The van der Waals surface area contributed by atoms with E-state index < -0.39 is 6.04 Å².